The molecule has 6 heteroatoms. The highest BCUT2D eigenvalue weighted by Gasteiger charge is 2.26. The molecule has 0 spiro atoms. The summed E-state index contributed by atoms with van der Waals surface area (Å²) < 4.78 is 24.2. The van der Waals surface area contributed by atoms with Gasteiger partial charge < -0.3 is 23.5 Å². The molecule has 1 aromatic heterocycles. The zero-order valence-corrected chi connectivity index (χ0v) is 17.9. The number of benzene rings is 2. The minimum atomic E-state index is -0.0252. The molecule has 4 rings (SSSR count). The second-order valence-corrected chi connectivity index (χ2v) is 7.00. The molecule has 156 valence electrons. The SMILES string of the molecule is CC[C@@H]1N=C(c2ccc(OC)c(OC)c2)c2cccn2-c2cc(OC)c(OC)cc21. The van der Waals surface area contributed by atoms with E-state index >= 15 is 0 Å². The largest absolute Gasteiger partial charge is 0.493 e. The van der Waals surface area contributed by atoms with Crippen LogP contribution in [-0.2, 0) is 0 Å². The molecule has 30 heavy (non-hydrogen) atoms. The van der Waals surface area contributed by atoms with E-state index in [1.165, 1.54) is 0 Å². The smallest absolute Gasteiger partial charge is 0.162 e. The highest BCUT2D eigenvalue weighted by Crippen LogP contribution is 2.40. The van der Waals surface area contributed by atoms with E-state index in [0.29, 0.717) is 23.0 Å². The fourth-order valence-corrected chi connectivity index (χ4v) is 3.95. The lowest BCUT2D eigenvalue weighted by molar-refractivity contribution is 0.354. The van der Waals surface area contributed by atoms with Gasteiger partial charge in [0.25, 0.3) is 0 Å². The second kappa shape index (κ2) is 8.14. The van der Waals surface area contributed by atoms with Gasteiger partial charge in [0.05, 0.1) is 51.6 Å². The molecule has 0 aliphatic carbocycles. The van der Waals surface area contributed by atoms with Crippen LogP contribution >= 0.6 is 0 Å². The van der Waals surface area contributed by atoms with Crippen molar-refractivity contribution in [3.05, 3.63) is 65.5 Å². The molecule has 0 bridgehead atoms. The fourth-order valence-electron chi connectivity index (χ4n) is 3.95. The summed E-state index contributed by atoms with van der Waals surface area (Å²) in [4.78, 5) is 5.18. The number of aromatic nitrogens is 1. The predicted octanol–water partition coefficient (Wildman–Crippen LogP) is 4.81. The van der Waals surface area contributed by atoms with Gasteiger partial charge in [-0.1, -0.05) is 6.92 Å². The highest BCUT2D eigenvalue weighted by atomic mass is 16.5. The average Bonchev–Trinajstić information content (AvgIpc) is 3.23. The summed E-state index contributed by atoms with van der Waals surface area (Å²) in [5.41, 5.74) is 5.02. The van der Waals surface area contributed by atoms with Gasteiger partial charge in [-0.05, 0) is 42.8 Å². The van der Waals surface area contributed by atoms with Crippen LogP contribution < -0.4 is 18.9 Å². The Hall–Kier alpha value is -3.41. The van der Waals surface area contributed by atoms with Crippen LogP contribution in [0.4, 0.5) is 0 Å². The molecule has 0 saturated carbocycles. The Labute approximate surface area is 176 Å². The molecule has 2 aromatic carbocycles. The van der Waals surface area contributed by atoms with Crippen LogP contribution in [0.15, 0.2) is 53.7 Å². The van der Waals surface area contributed by atoms with Crippen molar-refractivity contribution in [3.8, 4) is 28.7 Å². The van der Waals surface area contributed by atoms with E-state index in [0.717, 1.165) is 34.6 Å². The lowest BCUT2D eigenvalue weighted by atomic mass is 10.0. The van der Waals surface area contributed by atoms with E-state index in [9.17, 15) is 0 Å². The lowest BCUT2D eigenvalue weighted by Gasteiger charge is -2.18. The van der Waals surface area contributed by atoms with Gasteiger partial charge in [0.2, 0.25) is 0 Å². The standard InChI is InChI=1S/C24H26N2O4/c1-6-17-16-13-22(29-4)23(30-5)14-19(16)26-11-7-8-18(26)24(25-17)15-9-10-20(27-2)21(12-15)28-3/h7-14,17H,6H2,1-5H3/t17-/m0/s1. The zero-order chi connectivity index (χ0) is 21.3. The summed E-state index contributed by atoms with van der Waals surface area (Å²) in [6.07, 6.45) is 2.90. The minimum Gasteiger partial charge on any atom is -0.493 e. The monoisotopic (exact) mass is 406 g/mol. The molecule has 3 aromatic rings. The van der Waals surface area contributed by atoms with Crippen molar-refractivity contribution in [2.75, 3.05) is 28.4 Å². The van der Waals surface area contributed by atoms with Crippen LogP contribution in [-0.4, -0.2) is 38.7 Å². The third-order valence-electron chi connectivity index (χ3n) is 5.47. The van der Waals surface area contributed by atoms with Gasteiger partial charge in [-0.3, -0.25) is 4.99 Å². The molecule has 6 nitrogen and oxygen atoms in total. The number of methoxy groups -OCH3 is 4. The van der Waals surface area contributed by atoms with Crippen molar-refractivity contribution < 1.29 is 18.9 Å². The Kier molecular flexibility index (Phi) is 5.40. The van der Waals surface area contributed by atoms with E-state index in [4.69, 9.17) is 23.9 Å². The van der Waals surface area contributed by atoms with Crippen molar-refractivity contribution >= 4 is 5.71 Å². The van der Waals surface area contributed by atoms with E-state index in [-0.39, 0.29) is 6.04 Å². The molecule has 0 fully saturated rings. The van der Waals surface area contributed by atoms with E-state index in [1.807, 2.05) is 42.6 Å². The molecule has 0 unspecified atom stereocenters. The average molecular weight is 406 g/mol. The van der Waals surface area contributed by atoms with Crippen LogP contribution in [0.25, 0.3) is 5.69 Å². The quantitative estimate of drug-likeness (QED) is 0.589. The van der Waals surface area contributed by atoms with Gasteiger partial charge in [0.1, 0.15) is 0 Å². The number of fused-ring (bicyclic) bond motifs is 3. The van der Waals surface area contributed by atoms with E-state index in [1.54, 1.807) is 28.4 Å². The summed E-state index contributed by atoms with van der Waals surface area (Å²) in [5.74, 6) is 2.76. The molecular formula is C24H26N2O4. The van der Waals surface area contributed by atoms with Crippen LogP contribution in [0.5, 0.6) is 23.0 Å². The van der Waals surface area contributed by atoms with Crippen LogP contribution in [0, 0.1) is 0 Å². The summed E-state index contributed by atoms with van der Waals surface area (Å²) in [7, 11) is 6.58. The number of ether oxygens (including phenoxy) is 4. The summed E-state index contributed by atoms with van der Waals surface area (Å²) >= 11 is 0. The van der Waals surface area contributed by atoms with Crippen molar-refractivity contribution in [2.24, 2.45) is 4.99 Å². The Morgan fingerprint density at radius 3 is 2.17 bits per heavy atom. The fraction of sp³-hybridized carbons (Fsp3) is 0.292. The topological polar surface area (TPSA) is 54.2 Å². The molecule has 0 radical (unpaired) electrons. The summed E-state index contributed by atoms with van der Waals surface area (Å²) in [6, 6.07) is 14.0. The Morgan fingerprint density at radius 2 is 1.50 bits per heavy atom. The third kappa shape index (κ3) is 3.18. The number of nitrogens with zero attached hydrogens (tertiary/aromatic N) is 2. The minimum absolute atomic E-state index is 0.0252. The zero-order valence-electron chi connectivity index (χ0n) is 17.9. The van der Waals surface area contributed by atoms with Gasteiger partial charge in [0.15, 0.2) is 23.0 Å². The van der Waals surface area contributed by atoms with Crippen LogP contribution in [0.2, 0.25) is 0 Å². The predicted molar refractivity (Wildman–Crippen MR) is 117 cm³/mol. The van der Waals surface area contributed by atoms with Gasteiger partial charge in [0, 0.05) is 23.4 Å². The number of rotatable bonds is 6. The highest BCUT2D eigenvalue weighted by molar-refractivity contribution is 6.13. The molecule has 2 heterocycles. The van der Waals surface area contributed by atoms with Crippen molar-refractivity contribution in [1.82, 2.24) is 4.57 Å². The van der Waals surface area contributed by atoms with Crippen LogP contribution in [0.1, 0.15) is 36.2 Å². The van der Waals surface area contributed by atoms with Crippen LogP contribution in [0.3, 0.4) is 0 Å². The maximum atomic E-state index is 5.56. The maximum Gasteiger partial charge on any atom is 0.162 e. The van der Waals surface area contributed by atoms with Gasteiger partial charge in [-0.25, -0.2) is 0 Å². The van der Waals surface area contributed by atoms with E-state index in [2.05, 4.69) is 17.6 Å². The van der Waals surface area contributed by atoms with Gasteiger partial charge in [-0.2, -0.15) is 0 Å². The molecule has 1 aliphatic rings. The Morgan fingerprint density at radius 1 is 0.833 bits per heavy atom. The first-order valence-electron chi connectivity index (χ1n) is 9.89. The summed E-state index contributed by atoms with van der Waals surface area (Å²) in [6.45, 7) is 2.14. The molecule has 0 saturated heterocycles. The lowest BCUT2D eigenvalue weighted by Crippen LogP contribution is -2.09. The van der Waals surface area contributed by atoms with E-state index < -0.39 is 0 Å². The van der Waals surface area contributed by atoms with Crippen molar-refractivity contribution in [3.63, 3.8) is 0 Å². The molecule has 0 N–H and O–H groups in total. The first-order chi connectivity index (χ1) is 14.6. The maximum absolute atomic E-state index is 5.56. The molecule has 0 amide bonds. The Balaban J connectivity index is 1.95. The van der Waals surface area contributed by atoms with Gasteiger partial charge >= 0.3 is 0 Å². The molecular weight excluding hydrogens is 380 g/mol. The number of aliphatic imine (C=N–C) groups is 1. The summed E-state index contributed by atoms with van der Waals surface area (Å²) in [5, 5.41) is 0. The molecule has 1 atom stereocenters. The Bertz CT molecular complexity index is 1100. The first-order valence-corrected chi connectivity index (χ1v) is 9.89. The van der Waals surface area contributed by atoms with Gasteiger partial charge in [-0.15, -0.1) is 0 Å². The normalized spacial score (nSPS) is 14.8. The number of hydrogen-bond donors (Lipinski definition) is 0. The first kappa shape index (κ1) is 19.9. The molecule has 1 aliphatic heterocycles. The second-order valence-electron chi connectivity index (χ2n) is 7.00. The van der Waals surface area contributed by atoms with Crippen molar-refractivity contribution in [2.45, 2.75) is 19.4 Å². The third-order valence-corrected chi connectivity index (χ3v) is 5.47. The van der Waals surface area contributed by atoms with Crippen molar-refractivity contribution in [1.29, 1.82) is 0 Å². The number of hydrogen-bond acceptors (Lipinski definition) is 5.